The number of aliphatic hydroxyl groups is 1. The first kappa shape index (κ1) is 16.0. The first-order valence-electron chi connectivity index (χ1n) is 6.01. The zero-order valence-corrected chi connectivity index (χ0v) is 11.0. The fourth-order valence-corrected chi connectivity index (χ4v) is 1.58. The van der Waals surface area contributed by atoms with Crippen LogP contribution >= 0.6 is 0 Å². The van der Waals surface area contributed by atoms with E-state index in [-0.39, 0.29) is 12.3 Å². The average molecular weight is 286 g/mol. The Hall–Kier alpha value is -2.02. The van der Waals surface area contributed by atoms with E-state index in [2.05, 4.69) is 4.99 Å². The highest BCUT2D eigenvalue weighted by Gasteiger charge is 2.26. The molecule has 0 aromatic rings. The normalized spacial score (nSPS) is 20.1. The van der Waals surface area contributed by atoms with Gasteiger partial charge in [-0.2, -0.15) is 0 Å². The van der Waals surface area contributed by atoms with Gasteiger partial charge in [0, 0.05) is 18.9 Å². The third-order valence-corrected chi connectivity index (χ3v) is 2.72. The number of aliphatic imine (C=N–C) groups is 1. The summed E-state index contributed by atoms with van der Waals surface area (Å²) in [6.07, 6.45) is 4.32. The topological polar surface area (TPSA) is 73.1 Å². The Bertz CT molecular complexity index is 484. The molecule has 0 amide bonds. The van der Waals surface area contributed by atoms with Crippen LogP contribution in [0.2, 0.25) is 0 Å². The summed E-state index contributed by atoms with van der Waals surface area (Å²) in [4.78, 5) is 15.8. The molecule has 1 unspecified atom stereocenters. The molecule has 0 spiro atoms. The van der Waals surface area contributed by atoms with Gasteiger partial charge in [-0.1, -0.05) is 18.6 Å². The maximum atomic E-state index is 12.7. The molecule has 0 aliphatic carbocycles. The zero-order chi connectivity index (χ0) is 15.1. The molecule has 1 aliphatic rings. The molecule has 1 aliphatic heterocycles. The highest BCUT2D eigenvalue weighted by Crippen LogP contribution is 2.13. The molecule has 0 saturated carbocycles. The lowest BCUT2D eigenvalue weighted by Gasteiger charge is -2.28. The summed E-state index contributed by atoms with van der Waals surface area (Å²) in [6.45, 7) is 0.839. The van der Waals surface area contributed by atoms with E-state index in [0.29, 0.717) is 12.0 Å². The lowest BCUT2D eigenvalue weighted by atomic mass is 10.1. The minimum absolute atomic E-state index is 0.191. The number of aliphatic carboxylic acids is 1. The largest absolute Gasteiger partial charge is 0.477 e. The van der Waals surface area contributed by atoms with E-state index in [0.717, 1.165) is 6.08 Å². The van der Waals surface area contributed by atoms with Crippen molar-refractivity contribution in [1.82, 2.24) is 4.90 Å². The van der Waals surface area contributed by atoms with Gasteiger partial charge in [-0.3, -0.25) is 0 Å². The first-order chi connectivity index (χ1) is 9.49. The zero-order valence-electron chi connectivity index (χ0n) is 11.0. The Morgan fingerprint density at radius 1 is 1.55 bits per heavy atom. The lowest BCUT2D eigenvalue weighted by Crippen LogP contribution is -2.43. The van der Waals surface area contributed by atoms with Crippen molar-refractivity contribution >= 4 is 11.7 Å². The van der Waals surface area contributed by atoms with E-state index >= 15 is 0 Å². The molecule has 0 aromatic heterocycles. The summed E-state index contributed by atoms with van der Waals surface area (Å²) in [7, 11) is 0. The summed E-state index contributed by atoms with van der Waals surface area (Å²) in [5.41, 5.74) is 0.331. The lowest BCUT2D eigenvalue weighted by molar-refractivity contribution is -0.130. The van der Waals surface area contributed by atoms with Gasteiger partial charge in [0.05, 0.1) is 0 Å². The van der Waals surface area contributed by atoms with Crippen LogP contribution in [0.4, 0.5) is 8.78 Å². The predicted molar refractivity (Wildman–Crippen MR) is 70.5 cm³/mol. The minimum Gasteiger partial charge on any atom is -0.477 e. The Kier molecular flexibility index (Phi) is 6.05. The van der Waals surface area contributed by atoms with E-state index in [1.54, 1.807) is 0 Å². The van der Waals surface area contributed by atoms with Crippen molar-refractivity contribution < 1.29 is 23.8 Å². The van der Waals surface area contributed by atoms with Crippen LogP contribution in [-0.4, -0.2) is 46.2 Å². The number of carbonyl (C=O) groups is 1. The minimum atomic E-state index is -1.37. The average Bonchev–Trinajstić information content (AvgIpc) is 2.44. The summed E-state index contributed by atoms with van der Waals surface area (Å²) in [5, 5.41) is 18.7. The van der Waals surface area contributed by atoms with Gasteiger partial charge in [0.1, 0.15) is 12.5 Å². The number of allylic oxidation sites excluding steroid dienone is 3. The second-order valence-corrected chi connectivity index (χ2v) is 4.09. The van der Waals surface area contributed by atoms with Crippen molar-refractivity contribution in [2.24, 2.45) is 4.99 Å². The fourth-order valence-electron chi connectivity index (χ4n) is 1.58. The molecule has 0 fully saturated rings. The molecule has 2 N–H and O–H groups in total. The number of hydrogen-bond donors (Lipinski definition) is 2. The second-order valence-electron chi connectivity index (χ2n) is 4.09. The molecule has 0 saturated heterocycles. The molecule has 20 heavy (non-hydrogen) atoms. The number of alkyl halides is 1. The van der Waals surface area contributed by atoms with Crippen LogP contribution in [0.3, 0.4) is 0 Å². The second kappa shape index (κ2) is 7.54. The summed E-state index contributed by atoms with van der Waals surface area (Å²) < 4.78 is 24.7. The molecular weight excluding hydrogens is 270 g/mol. The smallest absolute Gasteiger partial charge is 0.354 e. The van der Waals surface area contributed by atoms with E-state index in [1.807, 2.05) is 6.92 Å². The number of halogens is 2. The predicted octanol–water partition coefficient (Wildman–Crippen LogP) is 1.78. The Morgan fingerprint density at radius 3 is 2.80 bits per heavy atom. The van der Waals surface area contributed by atoms with Crippen LogP contribution in [0.5, 0.6) is 0 Å². The Morgan fingerprint density at radius 2 is 2.25 bits per heavy atom. The standard InChI is InChI=1S/C13H16F2N2O3/c1-2-9(3-4-10(15)7-14)8-17-6-5-16-11(12(17)18)13(19)20/h3-6,12,18H,2,7-8H2,1H3,(H,19,20). The highest BCUT2D eigenvalue weighted by molar-refractivity contribution is 6.37. The SMILES string of the molecule is CCC(=CC=C(F)CF)CN1C=CN=C(C(=O)O)C1O. The molecule has 1 rings (SSSR count). The van der Waals surface area contributed by atoms with Crippen LogP contribution in [-0.2, 0) is 4.79 Å². The first-order valence-corrected chi connectivity index (χ1v) is 6.01. The Balaban J connectivity index is 2.79. The fraction of sp³-hybridized carbons (Fsp3) is 0.385. The molecule has 0 bridgehead atoms. The Labute approximate surface area is 115 Å². The van der Waals surface area contributed by atoms with Gasteiger partial charge in [0.2, 0.25) is 0 Å². The van der Waals surface area contributed by atoms with Crippen molar-refractivity contribution in [2.45, 2.75) is 19.6 Å². The van der Waals surface area contributed by atoms with Crippen LogP contribution in [0.25, 0.3) is 0 Å². The van der Waals surface area contributed by atoms with Gasteiger partial charge < -0.3 is 15.1 Å². The molecule has 0 aromatic carbocycles. The number of nitrogens with zero attached hydrogens (tertiary/aromatic N) is 2. The van der Waals surface area contributed by atoms with Gasteiger partial charge >= 0.3 is 5.97 Å². The summed E-state index contributed by atoms with van der Waals surface area (Å²) in [6, 6.07) is 0. The molecule has 1 atom stereocenters. The van der Waals surface area contributed by atoms with Gasteiger partial charge in [-0.15, -0.1) is 0 Å². The molecule has 110 valence electrons. The summed E-state index contributed by atoms with van der Waals surface area (Å²) >= 11 is 0. The maximum absolute atomic E-state index is 12.7. The van der Waals surface area contributed by atoms with Crippen LogP contribution in [0.15, 0.2) is 40.9 Å². The molecule has 1 heterocycles. The van der Waals surface area contributed by atoms with Gasteiger partial charge in [-0.05, 0) is 12.5 Å². The molecule has 7 heteroatoms. The number of carboxylic acids is 1. The highest BCUT2D eigenvalue weighted by atomic mass is 19.2. The van der Waals surface area contributed by atoms with Crippen LogP contribution in [0.1, 0.15) is 13.3 Å². The molecule has 5 nitrogen and oxygen atoms in total. The van der Waals surface area contributed by atoms with Crippen LogP contribution in [0, 0.1) is 0 Å². The monoisotopic (exact) mass is 286 g/mol. The van der Waals surface area contributed by atoms with Crippen molar-refractivity contribution in [3.05, 3.63) is 36.0 Å². The van der Waals surface area contributed by atoms with E-state index in [1.165, 1.54) is 23.4 Å². The van der Waals surface area contributed by atoms with E-state index in [9.17, 15) is 18.7 Å². The quantitative estimate of drug-likeness (QED) is 0.730. The third-order valence-electron chi connectivity index (χ3n) is 2.72. The van der Waals surface area contributed by atoms with Gasteiger partial charge in [0.25, 0.3) is 0 Å². The van der Waals surface area contributed by atoms with Crippen molar-refractivity contribution in [2.75, 3.05) is 13.2 Å². The van der Waals surface area contributed by atoms with E-state index in [4.69, 9.17) is 5.11 Å². The van der Waals surface area contributed by atoms with Crippen LogP contribution < -0.4 is 0 Å². The van der Waals surface area contributed by atoms with Crippen molar-refractivity contribution in [3.63, 3.8) is 0 Å². The number of rotatable bonds is 6. The number of hydrogen-bond acceptors (Lipinski definition) is 4. The number of carboxylic acid groups (broad SMARTS) is 1. The van der Waals surface area contributed by atoms with Gasteiger partial charge in [0.15, 0.2) is 11.9 Å². The van der Waals surface area contributed by atoms with Crippen molar-refractivity contribution in [3.8, 4) is 0 Å². The van der Waals surface area contributed by atoms with E-state index < -0.39 is 24.7 Å². The molecule has 0 radical (unpaired) electrons. The maximum Gasteiger partial charge on any atom is 0.354 e. The molecular formula is C13H16F2N2O3. The third kappa shape index (κ3) is 4.27. The van der Waals surface area contributed by atoms with Crippen molar-refractivity contribution in [1.29, 1.82) is 0 Å². The van der Waals surface area contributed by atoms with Gasteiger partial charge in [-0.25, -0.2) is 18.6 Å². The number of aliphatic hydroxyl groups excluding tert-OH is 1. The summed E-state index contributed by atoms with van der Waals surface area (Å²) in [5.74, 6) is -2.20.